The molecule has 1 aromatic carbocycles. The maximum absolute atomic E-state index is 9.71. The lowest BCUT2D eigenvalue weighted by atomic mass is 10.1. The maximum atomic E-state index is 9.71. The van der Waals surface area contributed by atoms with E-state index in [-0.39, 0.29) is 6.61 Å². The molecule has 0 spiro atoms. The Kier molecular flexibility index (Phi) is 5.29. The molecular weight excluding hydrogens is 318 g/mol. The Morgan fingerprint density at radius 3 is 2.80 bits per heavy atom. The lowest BCUT2D eigenvalue weighted by Crippen LogP contribution is -2.07. The molecule has 1 atom stereocenters. The number of rotatable bonds is 5. The summed E-state index contributed by atoms with van der Waals surface area (Å²) in [6, 6.07) is 9.53. The van der Waals surface area contributed by atoms with Crippen molar-refractivity contribution >= 4 is 0 Å². The molecule has 2 aromatic heterocycles. The summed E-state index contributed by atoms with van der Waals surface area (Å²) in [5.41, 5.74) is 2.55. The van der Waals surface area contributed by atoms with Gasteiger partial charge in [-0.3, -0.25) is 0 Å². The highest BCUT2D eigenvalue weighted by molar-refractivity contribution is 5.59. The molecule has 0 radical (unpaired) electrons. The summed E-state index contributed by atoms with van der Waals surface area (Å²) in [5, 5.41) is 22.5. The van der Waals surface area contributed by atoms with Crippen LogP contribution in [0.2, 0.25) is 0 Å². The van der Waals surface area contributed by atoms with Gasteiger partial charge in [-0.1, -0.05) is 17.0 Å². The van der Waals surface area contributed by atoms with Crippen LogP contribution in [0.3, 0.4) is 0 Å². The number of aromatic nitrogens is 3. The summed E-state index contributed by atoms with van der Waals surface area (Å²) in [5.74, 6) is 7.14. The lowest BCUT2D eigenvalue weighted by Gasteiger charge is -2.07. The smallest absolute Gasteiger partial charge is 0.167 e. The van der Waals surface area contributed by atoms with E-state index in [1.165, 1.54) is 0 Å². The number of benzene rings is 1. The van der Waals surface area contributed by atoms with Gasteiger partial charge in [-0.15, -0.1) is 0 Å². The monoisotopic (exact) mass is 337 g/mol. The van der Waals surface area contributed by atoms with E-state index in [0.717, 1.165) is 16.8 Å². The minimum atomic E-state index is -0.638. The molecule has 0 aliphatic rings. The Bertz CT molecular complexity index is 883. The van der Waals surface area contributed by atoms with Gasteiger partial charge in [-0.25, -0.2) is 4.98 Å². The Labute approximate surface area is 145 Å². The van der Waals surface area contributed by atoms with Crippen LogP contribution in [0.15, 0.2) is 47.2 Å². The number of aliphatic hydroxyl groups excluding tert-OH is 2. The Balaban J connectivity index is 1.73. The molecule has 25 heavy (non-hydrogen) atoms. The number of nitrogens with zero attached hydrogens (tertiary/aromatic N) is 3. The average molecular weight is 337 g/mol. The first kappa shape index (κ1) is 17.0. The van der Waals surface area contributed by atoms with Crippen LogP contribution < -0.4 is 0 Å². The van der Waals surface area contributed by atoms with Crippen LogP contribution in [0.5, 0.6) is 0 Å². The second-order valence-corrected chi connectivity index (χ2v) is 5.62. The Hall–Kier alpha value is -2.88. The van der Waals surface area contributed by atoms with Crippen molar-refractivity contribution in [1.29, 1.82) is 0 Å². The fraction of sp³-hybridized carbons (Fsp3) is 0.263. The topological polar surface area (TPSA) is 84.3 Å². The quantitative estimate of drug-likeness (QED) is 0.698. The zero-order valence-electron chi connectivity index (χ0n) is 13.9. The van der Waals surface area contributed by atoms with Crippen molar-refractivity contribution in [3.05, 3.63) is 59.8 Å². The van der Waals surface area contributed by atoms with Gasteiger partial charge in [0.2, 0.25) is 0 Å². The van der Waals surface area contributed by atoms with E-state index in [4.69, 9.17) is 9.63 Å². The summed E-state index contributed by atoms with van der Waals surface area (Å²) in [6.07, 6.45) is 3.28. The first-order valence-corrected chi connectivity index (χ1v) is 8.02. The second-order valence-electron chi connectivity index (χ2n) is 5.62. The number of imidazole rings is 1. The van der Waals surface area contributed by atoms with Gasteiger partial charge in [0.25, 0.3) is 0 Å². The van der Waals surface area contributed by atoms with E-state index in [2.05, 4.69) is 22.0 Å². The lowest BCUT2D eigenvalue weighted by molar-refractivity contribution is 0.184. The van der Waals surface area contributed by atoms with Crippen molar-refractivity contribution in [2.75, 3.05) is 6.61 Å². The van der Waals surface area contributed by atoms with Crippen LogP contribution >= 0.6 is 0 Å². The molecule has 2 heterocycles. The van der Waals surface area contributed by atoms with Crippen molar-refractivity contribution in [2.24, 2.45) is 0 Å². The van der Waals surface area contributed by atoms with E-state index >= 15 is 0 Å². The van der Waals surface area contributed by atoms with Crippen LogP contribution in [0.4, 0.5) is 0 Å². The standard InChI is InChI=1S/C19H19N3O3/c1-14(24)19-20-9-10-22(19)13-17-12-18(25-21-17)16-7-5-15(6-8-16)4-2-3-11-23/h5-10,12,14,23-24H,3,11,13H2,1H3/t14-/m0/s1. The van der Waals surface area contributed by atoms with Crippen LogP contribution in [0, 0.1) is 11.8 Å². The van der Waals surface area contributed by atoms with Crippen molar-refractivity contribution in [2.45, 2.75) is 26.0 Å². The largest absolute Gasteiger partial charge is 0.395 e. The van der Waals surface area contributed by atoms with Crippen molar-refractivity contribution in [1.82, 2.24) is 14.7 Å². The van der Waals surface area contributed by atoms with Crippen LogP contribution in [0.1, 0.15) is 36.5 Å². The minimum Gasteiger partial charge on any atom is -0.395 e. The van der Waals surface area contributed by atoms with E-state index in [1.54, 1.807) is 19.3 Å². The van der Waals surface area contributed by atoms with Gasteiger partial charge in [0, 0.05) is 36.0 Å². The number of hydrogen-bond acceptors (Lipinski definition) is 5. The third-order valence-electron chi connectivity index (χ3n) is 3.65. The molecule has 2 N–H and O–H groups in total. The highest BCUT2D eigenvalue weighted by atomic mass is 16.5. The van der Waals surface area contributed by atoms with Gasteiger partial charge < -0.3 is 19.3 Å². The zero-order valence-corrected chi connectivity index (χ0v) is 13.9. The predicted molar refractivity (Wildman–Crippen MR) is 92.5 cm³/mol. The van der Waals surface area contributed by atoms with E-state index in [0.29, 0.717) is 24.6 Å². The van der Waals surface area contributed by atoms with Gasteiger partial charge in [-0.05, 0) is 31.2 Å². The summed E-state index contributed by atoms with van der Waals surface area (Å²) in [6.45, 7) is 2.23. The highest BCUT2D eigenvalue weighted by Gasteiger charge is 2.12. The molecule has 3 aromatic rings. The first-order valence-electron chi connectivity index (χ1n) is 8.02. The summed E-state index contributed by atoms with van der Waals surface area (Å²) >= 11 is 0. The molecule has 128 valence electrons. The maximum Gasteiger partial charge on any atom is 0.167 e. The molecule has 6 nitrogen and oxygen atoms in total. The number of hydrogen-bond donors (Lipinski definition) is 2. The van der Waals surface area contributed by atoms with Gasteiger partial charge in [-0.2, -0.15) is 0 Å². The molecule has 0 unspecified atom stereocenters. The first-order chi connectivity index (χ1) is 12.2. The average Bonchev–Trinajstić information content (AvgIpc) is 3.26. The highest BCUT2D eigenvalue weighted by Crippen LogP contribution is 2.21. The molecule has 0 saturated heterocycles. The summed E-state index contributed by atoms with van der Waals surface area (Å²) < 4.78 is 7.26. The fourth-order valence-corrected chi connectivity index (χ4v) is 2.46. The normalized spacial score (nSPS) is 11.8. The van der Waals surface area contributed by atoms with Crippen molar-refractivity contribution in [3.8, 4) is 23.2 Å². The minimum absolute atomic E-state index is 0.0691. The second kappa shape index (κ2) is 7.79. The van der Waals surface area contributed by atoms with Gasteiger partial charge >= 0.3 is 0 Å². The predicted octanol–water partition coefficient (Wildman–Crippen LogP) is 2.37. The Morgan fingerprint density at radius 2 is 2.08 bits per heavy atom. The molecule has 0 aliphatic carbocycles. The van der Waals surface area contributed by atoms with Gasteiger partial charge in [0.05, 0.1) is 13.2 Å². The molecule has 3 rings (SSSR count). The molecule has 0 amide bonds. The van der Waals surface area contributed by atoms with Crippen molar-refractivity contribution in [3.63, 3.8) is 0 Å². The van der Waals surface area contributed by atoms with Crippen molar-refractivity contribution < 1.29 is 14.7 Å². The molecular formula is C19H19N3O3. The molecule has 0 bridgehead atoms. The van der Waals surface area contributed by atoms with Crippen LogP contribution in [-0.4, -0.2) is 31.5 Å². The third-order valence-corrected chi connectivity index (χ3v) is 3.65. The van der Waals surface area contributed by atoms with E-state index in [1.807, 2.05) is 34.9 Å². The van der Waals surface area contributed by atoms with Crippen LogP contribution in [-0.2, 0) is 6.54 Å². The molecule has 0 fully saturated rings. The summed E-state index contributed by atoms with van der Waals surface area (Å²) in [4.78, 5) is 4.14. The Morgan fingerprint density at radius 1 is 1.28 bits per heavy atom. The van der Waals surface area contributed by atoms with Crippen LogP contribution in [0.25, 0.3) is 11.3 Å². The van der Waals surface area contributed by atoms with Gasteiger partial charge in [0.15, 0.2) is 5.76 Å². The summed E-state index contributed by atoms with van der Waals surface area (Å²) in [7, 11) is 0. The van der Waals surface area contributed by atoms with E-state index in [9.17, 15) is 5.11 Å². The zero-order chi connectivity index (χ0) is 17.6. The molecule has 0 aliphatic heterocycles. The molecule has 6 heteroatoms. The number of aliphatic hydroxyl groups is 2. The molecule has 0 saturated carbocycles. The van der Waals surface area contributed by atoms with E-state index < -0.39 is 6.10 Å². The van der Waals surface area contributed by atoms with Gasteiger partial charge in [0.1, 0.15) is 17.6 Å². The SMILES string of the molecule is C[C@H](O)c1nccn1Cc1cc(-c2ccc(C#CCCO)cc2)on1. The fourth-order valence-electron chi connectivity index (χ4n) is 2.46. The third kappa shape index (κ3) is 4.15.